The van der Waals surface area contributed by atoms with Crippen molar-refractivity contribution in [3.63, 3.8) is 0 Å². The maximum Gasteiger partial charge on any atom is 0.414 e. The number of alkyl halides is 3. The van der Waals surface area contributed by atoms with Crippen LogP contribution in [0.1, 0.15) is 127 Å². The highest BCUT2D eigenvalue weighted by molar-refractivity contribution is 5.82. The summed E-state index contributed by atoms with van der Waals surface area (Å²) in [4.78, 5) is 16.1. The average molecular weight is 654 g/mol. The zero-order valence-corrected chi connectivity index (χ0v) is 28.4. The van der Waals surface area contributed by atoms with E-state index in [0.717, 1.165) is 47.7 Å². The zero-order valence-electron chi connectivity index (χ0n) is 28.4. The van der Waals surface area contributed by atoms with Crippen molar-refractivity contribution in [3.05, 3.63) is 78.0 Å². The third-order valence-electron chi connectivity index (χ3n) is 8.99. The van der Waals surface area contributed by atoms with E-state index in [2.05, 4.69) is 49.4 Å². The predicted molar refractivity (Wildman–Crippen MR) is 186 cm³/mol. The molecule has 1 aromatic heterocycles. The van der Waals surface area contributed by atoms with Crippen molar-refractivity contribution < 1.29 is 27.8 Å². The number of aryl methyl sites for hydroxylation is 1. The monoisotopic (exact) mass is 653 g/mol. The second-order valence-corrected chi connectivity index (χ2v) is 12.8. The highest BCUT2D eigenvalue weighted by atomic mass is 19.4. The lowest BCUT2D eigenvalue weighted by molar-refractivity contribution is -0.214. The Morgan fingerprint density at radius 1 is 0.809 bits per heavy atom. The number of halogens is 3. The van der Waals surface area contributed by atoms with Crippen LogP contribution in [0.25, 0.3) is 22.4 Å². The van der Waals surface area contributed by atoms with Gasteiger partial charge in [-0.1, -0.05) is 113 Å². The molecule has 0 saturated carbocycles. The molecule has 0 aliphatic rings. The number of ether oxygens (including phenoxy) is 1. The Balaban J connectivity index is 1.71. The van der Waals surface area contributed by atoms with Crippen molar-refractivity contribution >= 4 is 5.97 Å². The van der Waals surface area contributed by atoms with Gasteiger partial charge in [-0.25, -0.2) is 0 Å². The number of hydrogen-bond acceptors (Lipinski definition) is 3. The van der Waals surface area contributed by atoms with E-state index in [1.807, 2.05) is 24.4 Å². The fraction of sp³-hybridized carbons (Fsp3) is 0.550. The largest absolute Gasteiger partial charge is 0.481 e. The average Bonchev–Trinajstić information content (AvgIpc) is 3.06. The lowest BCUT2D eigenvalue weighted by Crippen LogP contribution is -2.28. The van der Waals surface area contributed by atoms with E-state index in [0.29, 0.717) is 25.7 Å². The number of carboxylic acid groups (broad SMARTS) is 1. The molecule has 7 heteroatoms. The molecule has 1 heterocycles. The number of carbonyl (C=O) groups is 1. The van der Waals surface area contributed by atoms with Crippen molar-refractivity contribution in [3.8, 4) is 22.4 Å². The topological polar surface area (TPSA) is 59.4 Å². The van der Waals surface area contributed by atoms with E-state index in [1.54, 1.807) is 0 Å². The predicted octanol–water partition coefficient (Wildman–Crippen LogP) is 12.0. The smallest absolute Gasteiger partial charge is 0.414 e. The van der Waals surface area contributed by atoms with E-state index >= 15 is 0 Å². The fourth-order valence-electron chi connectivity index (χ4n) is 6.11. The number of carboxylic acids is 1. The van der Waals surface area contributed by atoms with Gasteiger partial charge in [0.25, 0.3) is 0 Å². The summed E-state index contributed by atoms with van der Waals surface area (Å²) >= 11 is 0. The second kappa shape index (κ2) is 20.9. The molecule has 3 aromatic rings. The van der Waals surface area contributed by atoms with Crippen LogP contribution in [0, 0.1) is 0 Å². The lowest BCUT2D eigenvalue weighted by atomic mass is 9.86. The van der Waals surface area contributed by atoms with Crippen molar-refractivity contribution in [2.24, 2.45) is 0 Å². The van der Waals surface area contributed by atoms with Gasteiger partial charge in [0.15, 0.2) is 6.10 Å². The molecule has 0 fully saturated rings. The first kappa shape index (κ1) is 38.3. The van der Waals surface area contributed by atoms with Crippen LogP contribution in [0.3, 0.4) is 0 Å². The summed E-state index contributed by atoms with van der Waals surface area (Å²) in [5, 5.41) is 9.23. The molecule has 0 amide bonds. The minimum Gasteiger partial charge on any atom is -0.481 e. The minimum absolute atomic E-state index is 0.00682. The van der Waals surface area contributed by atoms with Crippen LogP contribution in [0.15, 0.2) is 66.9 Å². The third kappa shape index (κ3) is 14.2. The Bertz CT molecular complexity index is 1290. The van der Waals surface area contributed by atoms with Crippen LogP contribution in [-0.2, 0) is 16.0 Å². The molecule has 3 rings (SSSR count). The molecule has 0 radical (unpaired) electrons. The van der Waals surface area contributed by atoms with Crippen LogP contribution >= 0.6 is 0 Å². The number of hydrogen-bond donors (Lipinski definition) is 1. The molecule has 0 saturated heterocycles. The summed E-state index contributed by atoms with van der Waals surface area (Å²) in [6.45, 7) is 3.27. The fourth-order valence-corrected chi connectivity index (χ4v) is 6.11. The van der Waals surface area contributed by atoms with Crippen LogP contribution < -0.4 is 0 Å². The first-order valence-corrected chi connectivity index (χ1v) is 17.7. The maximum atomic E-state index is 12.9. The number of unbranched alkanes of at least 4 members (excludes halogenated alkanes) is 9. The molecule has 0 spiro atoms. The highest BCUT2D eigenvalue weighted by Gasteiger charge is 2.36. The standard InChI is InChI=1S/C40H54F3NO3/c1-3-4-5-6-7-8-9-10-11-13-18-32-24-27-38(44-30-32)37-29-35(25-26-36(37)34-19-14-12-15-20-34)33(21-16-23-39(45)46)22-17-28-47-31(2)40(41,42)43/h12,14-15,19-20,24-27,29-31,33H,3-11,13,16-18,21-23,28H2,1-2H3,(H,45,46). The molecule has 258 valence electrons. The highest BCUT2D eigenvalue weighted by Crippen LogP contribution is 2.37. The molecule has 4 nitrogen and oxygen atoms in total. The van der Waals surface area contributed by atoms with Gasteiger partial charge in [-0.05, 0) is 85.8 Å². The van der Waals surface area contributed by atoms with E-state index in [9.17, 15) is 23.1 Å². The van der Waals surface area contributed by atoms with Gasteiger partial charge in [-0.3, -0.25) is 9.78 Å². The number of pyridine rings is 1. The Kier molecular flexibility index (Phi) is 17.0. The molecule has 0 bridgehead atoms. The van der Waals surface area contributed by atoms with Crippen LogP contribution in [0.5, 0.6) is 0 Å². The summed E-state index contributed by atoms with van der Waals surface area (Å²) in [7, 11) is 0. The van der Waals surface area contributed by atoms with Crippen molar-refractivity contribution in [1.29, 1.82) is 0 Å². The number of aromatic nitrogens is 1. The first-order chi connectivity index (χ1) is 22.7. The minimum atomic E-state index is -4.39. The van der Waals surface area contributed by atoms with Crippen molar-refractivity contribution in [2.75, 3.05) is 6.61 Å². The summed E-state index contributed by atoms with van der Waals surface area (Å²) in [6.07, 6.45) is 12.1. The Morgan fingerprint density at radius 3 is 2.09 bits per heavy atom. The molecule has 2 aromatic carbocycles. The number of rotatable bonds is 23. The van der Waals surface area contributed by atoms with Gasteiger partial charge in [-0.2, -0.15) is 13.2 Å². The molecular weight excluding hydrogens is 599 g/mol. The zero-order chi connectivity index (χ0) is 33.9. The quantitative estimate of drug-likeness (QED) is 0.103. The van der Waals surface area contributed by atoms with E-state index in [4.69, 9.17) is 9.72 Å². The summed E-state index contributed by atoms with van der Waals surface area (Å²) in [6, 6.07) is 20.7. The second-order valence-electron chi connectivity index (χ2n) is 12.8. The van der Waals surface area contributed by atoms with E-state index in [-0.39, 0.29) is 18.9 Å². The number of nitrogens with zero attached hydrogens (tertiary/aromatic N) is 1. The molecule has 0 aliphatic heterocycles. The molecular formula is C40H54F3NO3. The molecule has 2 unspecified atom stereocenters. The van der Waals surface area contributed by atoms with Gasteiger partial charge in [0.2, 0.25) is 0 Å². The van der Waals surface area contributed by atoms with Gasteiger partial charge in [0.05, 0.1) is 5.69 Å². The summed E-state index contributed by atoms with van der Waals surface area (Å²) in [5.41, 5.74) is 6.24. The normalized spacial score (nSPS) is 13.0. The summed E-state index contributed by atoms with van der Waals surface area (Å²) in [5.74, 6) is -0.869. The van der Waals surface area contributed by atoms with Gasteiger partial charge in [0, 0.05) is 24.8 Å². The maximum absolute atomic E-state index is 12.9. The van der Waals surface area contributed by atoms with Crippen molar-refractivity contribution in [1.82, 2.24) is 4.98 Å². The van der Waals surface area contributed by atoms with Crippen LogP contribution in [0.2, 0.25) is 0 Å². The van der Waals surface area contributed by atoms with Gasteiger partial charge < -0.3 is 9.84 Å². The Labute approximate surface area is 280 Å². The Hall–Kier alpha value is -3.19. The lowest BCUT2D eigenvalue weighted by Gasteiger charge is -2.21. The van der Waals surface area contributed by atoms with E-state index in [1.165, 1.54) is 63.4 Å². The molecule has 2 atom stereocenters. The number of aliphatic carboxylic acids is 1. The Morgan fingerprint density at radius 2 is 1.47 bits per heavy atom. The molecule has 47 heavy (non-hydrogen) atoms. The first-order valence-electron chi connectivity index (χ1n) is 17.7. The van der Waals surface area contributed by atoms with Crippen molar-refractivity contribution in [2.45, 2.75) is 135 Å². The van der Waals surface area contributed by atoms with E-state index < -0.39 is 18.2 Å². The van der Waals surface area contributed by atoms with Crippen LogP contribution in [0.4, 0.5) is 13.2 Å². The number of benzene rings is 2. The third-order valence-corrected chi connectivity index (χ3v) is 8.99. The molecule has 0 aliphatic carbocycles. The summed E-state index contributed by atoms with van der Waals surface area (Å²) < 4.78 is 43.8. The van der Waals surface area contributed by atoms with Gasteiger partial charge >= 0.3 is 12.1 Å². The van der Waals surface area contributed by atoms with Gasteiger partial charge in [-0.15, -0.1) is 0 Å². The SMILES string of the molecule is CCCCCCCCCCCCc1ccc(-c2cc(C(CCCOC(C)C(F)(F)F)CCCC(=O)O)ccc2-c2ccccc2)nc1. The van der Waals surface area contributed by atoms with Crippen LogP contribution in [-0.4, -0.2) is 34.9 Å². The molecule has 1 N–H and O–H groups in total. The van der Waals surface area contributed by atoms with Gasteiger partial charge in [0.1, 0.15) is 0 Å².